The lowest BCUT2D eigenvalue weighted by Crippen LogP contribution is -2.37. The smallest absolute Gasteiger partial charge is 0.253 e. The first-order chi connectivity index (χ1) is 14.7. The Bertz CT molecular complexity index is 870. The van der Waals surface area contributed by atoms with Gasteiger partial charge in [-0.05, 0) is 12.1 Å². The summed E-state index contributed by atoms with van der Waals surface area (Å²) in [6, 6.07) is 5.42. The molecule has 0 aromatic carbocycles. The van der Waals surface area contributed by atoms with Crippen molar-refractivity contribution in [2.45, 2.75) is 25.5 Å². The molecule has 0 radical (unpaired) electrons. The van der Waals surface area contributed by atoms with Crippen molar-refractivity contribution in [1.82, 2.24) is 15.3 Å². The number of nitrogens with one attached hydrogen (secondary N) is 1. The molecular formula is C21H25ClN4O4. The predicted octanol–water partition coefficient (Wildman–Crippen LogP) is 2.45. The van der Waals surface area contributed by atoms with Crippen molar-refractivity contribution >= 4 is 23.3 Å². The van der Waals surface area contributed by atoms with Gasteiger partial charge in [0.1, 0.15) is 16.9 Å². The molecule has 30 heavy (non-hydrogen) atoms. The summed E-state index contributed by atoms with van der Waals surface area (Å²) in [5, 5.41) is 3.25. The third kappa shape index (κ3) is 5.19. The summed E-state index contributed by atoms with van der Waals surface area (Å²) in [5.41, 5.74) is 1.34. The molecule has 0 aliphatic carbocycles. The number of hydrogen-bond donors (Lipinski definition) is 1. The molecule has 160 valence electrons. The minimum atomic E-state index is -0.251. The summed E-state index contributed by atoms with van der Waals surface area (Å²) in [7, 11) is 0. The Hall–Kier alpha value is -2.42. The van der Waals surface area contributed by atoms with Crippen LogP contribution in [0.25, 0.3) is 0 Å². The molecular weight excluding hydrogens is 408 g/mol. The van der Waals surface area contributed by atoms with Crippen molar-refractivity contribution in [3.05, 3.63) is 46.7 Å². The van der Waals surface area contributed by atoms with Crippen LogP contribution < -0.4 is 15.0 Å². The summed E-state index contributed by atoms with van der Waals surface area (Å²) in [5.74, 6) is 0.971. The number of nitrogens with zero attached hydrogens (tertiary/aromatic N) is 3. The maximum Gasteiger partial charge on any atom is 0.253 e. The van der Waals surface area contributed by atoms with E-state index in [0.717, 1.165) is 37.3 Å². The van der Waals surface area contributed by atoms with E-state index in [1.165, 1.54) is 6.20 Å². The molecule has 9 heteroatoms. The quantitative estimate of drug-likeness (QED) is 0.750. The van der Waals surface area contributed by atoms with Gasteiger partial charge in [-0.2, -0.15) is 0 Å². The van der Waals surface area contributed by atoms with Gasteiger partial charge in [0.05, 0.1) is 32.0 Å². The van der Waals surface area contributed by atoms with Crippen molar-refractivity contribution in [3.63, 3.8) is 0 Å². The van der Waals surface area contributed by atoms with Gasteiger partial charge in [0.25, 0.3) is 5.91 Å². The molecule has 2 aliphatic rings. The normalized spacial score (nSPS) is 17.6. The number of pyridine rings is 2. The molecule has 2 aliphatic heterocycles. The van der Waals surface area contributed by atoms with Gasteiger partial charge in [-0.25, -0.2) is 9.97 Å². The summed E-state index contributed by atoms with van der Waals surface area (Å²) in [6.07, 6.45) is 4.89. The Balaban J connectivity index is 1.38. The lowest BCUT2D eigenvalue weighted by molar-refractivity contribution is 0.0238. The van der Waals surface area contributed by atoms with E-state index >= 15 is 0 Å². The van der Waals surface area contributed by atoms with Crippen LogP contribution in [0, 0.1) is 0 Å². The lowest BCUT2D eigenvalue weighted by Gasteiger charge is -2.29. The van der Waals surface area contributed by atoms with Gasteiger partial charge in [-0.1, -0.05) is 17.7 Å². The standard InChI is InChI=1S/C21H25ClN4O4/c22-18-12-16(14-25-21(18)30-17-3-8-28-9-4-17)20(27)24-13-15-2-1-5-23-19(15)26-6-10-29-11-7-26/h1-2,5,12,14,17H,3-4,6-11,13H2,(H,24,27). The summed E-state index contributed by atoms with van der Waals surface area (Å²) in [6.45, 7) is 4.62. The number of morpholine rings is 1. The van der Waals surface area contributed by atoms with Gasteiger partial charge >= 0.3 is 0 Å². The zero-order valence-corrected chi connectivity index (χ0v) is 17.4. The van der Waals surface area contributed by atoms with Gasteiger partial charge in [0, 0.05) is 50.4 Å². The van der Waals surface area contributed by atoms with Gasteiger partial charge in [-0.15, -0.1) is 0 Å². The van der Waals surface area contributed by atoms with Gasteiger partial charge < -0.3 is 24.4 Å². The van der Waals surface area contributed by atoms with Crippen LogP contribution in [0.4, 0.5) is 5.82 Å². The molecule has 0 unspecified atom stereocenters. The van der Waals surface area contributed by atoms with Gasteiger partial charge in [0.2, 0.25) is 5.88 Å². The van der Waals surface area contributed by atoms with Crippen LogP contribution in [0.15, 0.2) is 30.6 Å². The van der Waals surface area contributed by atoms with Crippen LogP contribution in [0.5, 0.6) is 5.88 Å². The van der Waals surface area contributed by atoms with Crippen molar-refractivity contribution in [1.29, 1.82) is 0 Å². The molecule has 0 atom stereocenters. The second kappa shape index (κ2) is 10.1. The minimum Gasteiger partial charge on any atom is -0.473 e. The average molecular weight is 433 g/mol. The number of ether oxygens (including phenoxy) is 3. The molecule has 2 aromatic rings. The Kier molecular flexibility index (Phi) is 6.99. The molecule has 0 bridgehead atoms. The largest absolute Gasteiger partial charge is 0.473 e. The molecule has 0 spiro atoms. The number of carbonyl (C=O) groups is 1. The zero-order valence-electron chi connectivity index (χ0n) is 16.7. The SMILES string of the molecule is O=C(NCc1cccnc1N1CCOCC1)c1cnc(OC2CCOCC2)c(Cl)c1. The maximum atomic E-state index is 12.6. The second-order valence-corrected chi connectivity index (χ2v) is 7.62. The third-order valence-corrected chi connectivity index (χ3v) is 5.40. The number of aromatic nitrogens is 2. The van der Waals surface area contributed by atoms with Crippen molar-refractivity contribution in [2.75, 3.05) is 44.4 Å². The first-order valence-electron chi connectivity index (χ1n) is 10.2. The molecule has 2 saturated heterocycles. The average Bonchev–Trinajstić information content (AvgIpc) is 2.80. The second-order valence-electron chi connectivity index (χ2n) is 7.21. The molecule has 1 N–H and O–H groups in total. The monoisotopic (exact) mass is 432 g/mol. The van der Waals surface area contributed by atoms with Gasteiger partial charge in [0.15, 0.2) is 0 Å². The Morgan fingerprint density at radius 1 is 1.20 bits per heavy atom. The predicted molar refractivity (Wildman–Crippen MR) is 112 cm³/mol. The van der Waals surface area contributed by atoms with Crippen molar-refractivity contribution < 1.29 is 19.0 Å². The number of amides is 1. The maximum absolute atomic E-state index is 12.6. The van der Waals surface area contributed by atoms with Gasteiger partial charge in [-0.3, -0.25) is 4.79 Å². The fraction of sp³-hybridized carbons (Fsp3) is 0.476. The number of carbonyl (C=O) groups excluding carboxylic acids is 1. The first kappa shape index (κ1) is 20.8. The van der Waals surface area contributed by atoms with E-state index in [9.17, 15) is 4.79 Å². The summed E-state index contributed by atoms with van der Waals surface area (Å²) >= 11 is 6.31. The molecule has 2 aromatic heterocycles. The van der Waals surface area contributed by atoms with Crippen LogP contribution >= 0.6 is 11.6 Å². The van der Waals surface area contributed by atoms with E-state index in [1.807, 2.05) is 12.1 Å². The molecule has 0 saturated carbocycles. The molecule has 8 nitrogen and oxygen atoms in total. The summed E-state index contributed by atoms with van der Waals surface area (Å²) in [4.78, 5) is 23.6. The van der Waals surface area contributed by atoms with Crippen LogP contribution in [0.2, 0.25) is 5.02 Å². The number of halogens is 1. The molecule has 4 heterocycles. The molecule has 2 fully saturated rings. The van der Waals surface area contributed by atoms with Crippen LogP contribution in [0.1, 0.15) is 28.8 Å². The highest BCUT2D eigenvalue weighted by atomic mass is 35.5. The highest BCUT2D eigenvalue weighted by Crippen LogP contribution is 2.26. The van der Waals surface area contributed by atoms with E-state index in [1.54, 1.807) is 12.3 Å². The fourth-order valence-corrected chi connectivity index (χ4v) is 3.70. The Labute approximate surface area is 180 Å². The van der Waals surface area contributed by atoms with Crippen LogP contribution in [0.3, 0.4) is 0 Å². The van der Waals surface area contributed by atoms with E-state index in [2.05, 4.69) is 20.2 Å². The van der Waals surface area contributed by atoms with Crippen molar-refractivity contribution in [2.24, 2.45) is 0 Å². The fourth-order valence-electron chi connectivity index (χ4n) is 3.49. The van der Waals surface area contributed by atoms with E-state index in [-0.39, 0.29) is 12.0 Å². The topological polar surface area (TPSA) is 85.8 Å². The van der Waals surface area contributed by atoms with Crippen LogP contribution in [-0.4, -0.2) is 61.5 Å². The zero-order chi connectivity index (χ0) is 20.8. The highest BCUT2D eigenvalue weighted by molar-refractivity contribution is 6.32. The number of hydrogen-bond acceptors (Lipinski definition) is 7. The lowest BCUT2D eigenvalue weighted by atomic mass is 10.1. The Morgan fingerprint density at radius 2 is 1.97 bits per heavy atom. The number of anilines is 1. The third-order valence-electron chi connectivity index (χ3n) is 5.13. The minimum absolute atomic E-state index is 0.0348. The van der Waals surface area contributed by atoms with E-state index in [4.69, 9.17) is 25.8 Å². The Morgan fingerprint density at radius 3 is 2.73 bits per heavy atom. The molecule has 4 rings (SSSR count). The number of rotatable bonds is 6. The van der Waals surface area contributed by atoms with Crippen LogP contribution in [-0.2, 0) is 16.0 Å². The van der Waals surface area contributed by atoms with E-state index in [0.29, 0.717) is 49.4 Å². The summed E-state index contributed by atoms with van der Waals surface area (Å²) < 4.78 is 16.6. The highest BCUT2D eigenvalue weighted by Gasteiger charge is 2.19. The first-order valence-corrected chi connectivity index (χ1v) is 10.5. The molecule has 1 amide bonds. The van der Waals surface area contributed by atoms with E-state index < -0.39 is 0 Å². The van der Waals surface area contributed by atoms with Crippen molar-refractivity contribution in [3.8, 4) is 5.88 Å².